The Morgan fingerprint density at radius 1 is 1.09 bits per heavy atom. The van der Waals surface area contributed by atoms with Crippen LogP contribution in [0.3, 0.4) is 0 Å². The van der Waals surface area contributed by atoms with Crippen molar-refractivity contribution in [2.24, 2.45) is 0 Å². The summed E-state index contributed by atoms with van der Waals surface area (Å²) in [6.45, 7) is 12.2. The van der Waals surface area contributed by atoms with Crippen LogP contribution in [0.25, 0.3) is 0 Å². The first-order valence-electron chi connectivity index (χ1n) is 8.52. The Morgan fingerprint density at radius 3 is 2.09 bits per heavy atom. The maximum atomic E-state index is 6.98. The largest absolute Gasteiger partial charge is 1.00 e. The van der Waals surface area contributed by atoms with Crippen LogP contribution in [0.4, 0.5) is 0 Å². The molecule has 1 aliphatic carbocycles. The summed E-state index contributed by atoms with van der Waals surface area (Å²) >= 11 is 8.60. The molecule has 0 nitrogen and oxygen atoms in total. The van der Waals surface area contributed by atoms with Gasteiger partial charge in [-0.3, -0.25) is 0 Å². The van der Waals surface area contributed by atoms with Gasteiger partial charge in [-0.05, 0) is 0 Å². The van der Waals surface area contributed by atoms with Crippen molar-refractivity contribution in [1.82, 2.24) is 0 Å². The Bertz CT molecular complexity index is 401. The molecule has 0 fully saturated rings. The van der Waals surface area contributed by atoms with Crippen molar-refractivity contribution in [1.29, 1.82) is 0 Å². The van der Waals surface area contributed by atoms with E-state index in [0.29, 0.717) is 0 Å². The van der Waals surface area contributed by atoms with E-state index in [-0.39, 0.29) is 24.8 Å². The molecule has 1 atom stereocenters. The number of hydrogen-bond acceptors (Lipinski definition) is 0. The van der Waals surface area contributed by atoms with Gasteiger partial charge in [-0.2, -0.15) is 0 Å². The van der Waals surface area contributed by atoms with Gasteiger partial charge in [0, 0.05) is 0 Å². The van der Waals surface area contributed by atoms with Crippen LogP contribution in [0, 0.1) is 0 Å². The smallest absolute Gasteiger partial charge is 1.00 e. The first-order valence-corrected chi connectivity index (χ1v) is 16.9. The molecule has 0 aromatic rings. The minimum Gasteiger partial charge on any atom is -1.00 e. The predicted octanol–water partition coefficient (Wildman–Crippen LogP) is 0.717. The van der Waals surface area contributed by atoms with Crippen molar-refractivity contribution in [3.05, 3.63) is 20.6 Å². The third kappa shape index (κ3) is 8.26. The maximum Gasteiger partial charge on any atom is -1.00 e. The summed E-state index contributed by atoms with van der Waals surface area (Å²) in [5.41, 5.74) is 0. The van der Waals surface area contributed by atoms with E-state index in [4.69, 9.17) is 11.1 Å². The third-order valence-corrected chi connectivity index (χ3v) is 18.2. The van der Waals surface area contributed by atoms with E-state index in [1.54, 1.807) is 33.2 Å². The van der Waals surface area contributed by atoms with E-state index in [1.165, 1.54) is 44.9 Å². The van der Waals surface area contributed by atoms with E-state index in [9.17, 15) is 0 Å². The number of halogens is 3. The van der Waals surface area contributed by atoms with Crippen molar-refractivity contribution >= 4 is 26.5 Å². The molecule has 6 heteroatoms. The second kappa shape index (κ2) is 12.1. The average molecular weight is 490 g/mol. The molecule has 0 aromatic carbocycles. The molecule has 0 heterocycles. The molecule has 133 valence electrons. The Morgan fingerprint density at radius 2 is 1.65 bits per heavy atom. The summed E-state index contributed by atoms with van der Waals surface area (Å²) in [4.78, 5) is 0. The first kappa shape index (κ1) is 26.9. The van der Waals surface area contributed by atoms with Crippen molar-refractivity contribution in [2.45, 2.75) is 83.2 Å². The molecule has 0 amide bonds. The van der Waals surface area contributed by atoms with Gasteiger partial charge < -0.3 is 24.8 Å². The zero-order valence-electron chi connectivity index (χ0n) is 15.3. The topological polar surface area (TPSA) is 0 Å². The van der Waals surface area contributed by atoms with Gasteiger partial charge in [-0.1, -0.05) is 0 Å². The average Bonchev–Trinajstić information content (AvgIpc) is 2.78. The fourth-order valence-electron chi connectivity index (χ4n) is 3.81. The Hall–Kier alpha value is 1.67. The Balaban J connectivity index is 0. The number of unbranched alkanes of at least 4 members (excludes halogenated alkanes) is 4. The minimum atomic E-state index is -1.61. The van der Waals surface area contributed by atoms with Gasteiger partial charge in [-0.15, -0.1) is 0 Å². The van der Waals surface area contributed by atoms with Crippen LogP contribution in [0.2, 0.25) is 31.4 Å². The van der Waals surface area contributed by atoms with Crippen LogP contribution >= 0.6 is 11.1 Å². The molecule has 0 saturated heterocycles. The summed E-state index contributed by atoms with van der Waals surface area (Å²) in [5, 5.41) is 2.54. The summed E-state index contributed by atoms with van der Waals surface area (Å²) in [5.74, 6) is 0. The zero-order valence-corrected chi connectivity index (χ0v) is 22.0. The van der Waals surface area contributed by atoms with Crippen molar-refractivity contribution in [2.75, 3.05) is 0 Å². The van der Waals surface area contributed by atoms with Crippen molar-refractivity contribution < 1.29 is 49.5 Å². The number of hydrogen-bond donors (Lipinski definition) is 0. The van der Waals surface area contributed by atoms with Crippen LogP contribution in [0.15, 0.2) is 20.6 Å². The minimum absolute atomic E-state index is 0. The van der Waals surface area contributed by atoms with Gasteiger partial charge in [0.2, 0.25) is 0 Å². The van der Waals surface area contributed by atoms with Gasteiger partial charge in [0.25, 0.3) is 0 Å². The summed E-state index contributed by atoms with van der Waals surface area (Å²) in [6, 6.07) is 0. The summed E-state index contributed by atoms with van der Waals surface area (Å²) < 4.78 is 1.70. The monoisotopic (exact) mass is 487 g/mol. The number of rotatable bonds is 9. The van der Waals surface area contributed by atoms with Gasteiger partial charge in [0.15, 0.2) is 0 Å². The maximum absolute atomic E-state index is 6.98. The third-order valence-electron chi connectivity index (χ3n) is 4.92. The van der Waals surface area contributed by atoms with E-state index in [0.717, 1.165) is 5.16 Å². The molecule has 0 bridgehead atoms. The van der Waals surface area contributed by atoms with Crippen LogP contribution < -0.4 is 24.8 Å². The van der Waals surface area contributed by atoms with Gasteiger partial charge >= 0.3 is 155 Å². The predicted molar refractivity (Wildman–Crippen MR) is 98.7 cm³/mol. The molecule has 1 aliphatic rings. The molecule has 23 heavy (non-hydrogen) atoms. The van der Waals surface area contributed by atoms with E-state index in [2.05, 4.69) is 45.3 Å². The van der Waals surface area contributed by atoms with Crippen LogP contribution in [0.1, 0.15) is 51.9 Å². The molecule has 0 N–H and O–H groups in total. The normalized spacial score (nSPS) is 16.2. The molecule has 0 aliphatic heterocycles. The van der Waals surface area contributed by atoms with Gasteiger partial charge in [0.05, 0.1) is 0 Å². The van der Waals surface area contributed by atoms with Crippen LogP contribution in [-0.2, 0) is 24.7 Å². The molecule has 0 saturated carbocycles. The van der Waals surface area contributed by atoms with Gasteiger partial charge in [0.1, 0.15) is 0 Å². The van der Waals surface area contributed by atoms with E-state index in [1.807, 2.05) is 0 Å². The molecule has 0 spiro atoms. The summed E-state index contributed by atoms with van der Waals surface area (Å²) in [6.07, 6.45) is 14.3. The van der Waals surface area contributed by atoms with Crippen LogP contribution in [-0.4, -0.2) is 15.5 Å². The Labute approximate surface area is 178 Å². The molecule has 1 unspecified atom stereocenters. The molecular formula is C17H32Cl3Si2Zr. The second-order valence-corrected chi connectivity index (χ2v) is 21.0. The van der Waals surface area contributed by atoms with E-state index >= 15 is 0 Å². The molecular weight excluding hydrogens is 458 g/mol. The standard InChI is InChI=1S/C17H32ClSi2.2ClH.Zr/c1-6-7-8-9-10-15-17(20(4,5)18)19(2,3)16-13-11-12-14-16;;;/h11,13,17H,6-10,12,15H2,1-5H3;2*1H;/q;;;+2/p-2. The van der Waals surface area contributed by atoms with Crippen molar-refractivity contribution in [3.63, 3.8) is 0 Å². The van der Waals surface area contributed by atoms with E-state index < -0.39 is 15.5 Å². The SMILES string of the molecule is CCCCCCCC([Si](C)(C)Cl)[Si](C)(C)C1=[C]([Zr+2])CC=C1.[Cl-].[Cl-]. The molecule has 0 radical (unpaired) electrons. The second-order valence-electron chi connectivity index (χ2n) is 7.54. The zero-order chi connectivity index (χ0) is 16.1. The van der Waals surface area contributed by atoms with Crippen molar-refractivity contribution in [3.8, 4) is 0 Å². The fourth-order valence-corrected chi connectivity index (χ4v) is 20.4. The fraction of sp³-hybridized carbons (Fsp3) is 0.765. The van der Waals surface area contributed by atoms with Crippen LogP contribution in [0.5, 0.6) is 0 Å². The molecule has 1 rings (SSSR count). The number of allylic oxidation sites excluding steroid dienone is 4. The Kier molecular flexibility index (Phi) is 14.2. The quantitative estimate of drug-likeness (QED) is 0.254. The molecule has 0 aromatic heterocycles. The first-order chi connectivity index (χ1) is 9.71. The summed E-state index contributed by atoms with van der Waals surface area (Å²) in [7, 11) is -3.03. The van der Waals surface area contributed by atoms with Gasteiger partial charge in [-0.25, -0.2) is 0 Å².